The fourth-order valence-electron chi connectivity index (χ4n) is 16.0. The number of hydrogen-bond acceptors (Lipinski definition) is 19. The molecule has 10 amide bonds. The van der Waals surface area contributed by atoms with Gasteiger partial charge in [-0.2, -0.15) is 23.5 Å². The molecule has 9 unspecified atom stereocenters. The number of aliphatic hydroxyl groups excluding tert-OH is 1. The van der Waals surface area contributed by atoms with E-state index in [4.69, 9.17) is 11.5 Å². The summed E-state index contributed by atoms with van der Waals surface area (Å²) in [6.07, 6.45) is 1.92. The molecule has 100 heavy (non-hydrogen) atoms. The molecule has 5 aliphatic heterocycles. The van der Waals surface area contributed by atoms with Crippen molar-refractivity contribution in [3.8, 4) is 0 Å². The molecule has 8 aliphatic rings. The van der Waals surface area contributed by atoms with Gasteiger partial charge < -0.3 is 90.4 Å². The lowest BCUT2D eigenvalue weighted by Crippen LogP contribution is -2.61. The predicted molar refractivity (Wildman–Crippen MR) is 370 cm³/mol. The van der Waals surface area contributed by atoms with Crippen LogP contribution in [0.15, 0.2) is 24.3 Å². The number of carboxylic acid groups (broad SMARTS) is 1. The second kappa shape index (κ2) is 38.3. The van der Waals surface area contributed by atoms with Crippen LogP contribution in [0, 0.1) is 29.6 Å². The standard InChI is InChI=1S/C68H105F2N15O13S2/c69-42-11-15-48-46(25-42)40(29-74-48)23-51-63(93)80-52(24-41-30-75-49-16-12-43(70)26-47(41)49)64(94)82-54(28-60(89)90)66(96)81-53(27-44-31-73-36-77-44)65(95)83-55(22-37-9-13-45(86)14-10-37)68(98)85-19-4-8-57(85)67(97)84-56(61(72)91)35-100-34-39-6-3-5-38(21-39)33-99-20-17-58(87)78-50(7-1-2-18-71)62(92)76-32-59(88)79-51/h3,5-6,21,37,40-57,73-75,77,86H,1-2,4,7-20,22-36,71H2,(H2,72,91)(H,76,92)(H,78,87)(H,79,88)(H,80,93)(H,81,96)(H,82,94)(H,83,95)(H,84,97)(H,89,90)/t37?,40?,41?,42?,43?,44?,45?,46?,47?,48?,49?,50-,51-,52-,53-,54-,55-,56-,57+/m0/s1. The highest BCUT2D eigenvalue weighted by atomic mass is 32.2. The fourth-order valence-corrected chi connectivity index (χ4v) is 17.9. The molecular weight excluding hydrogens is 1340 g/mol. The molecule has 28 nitrogen and oxygen atoms in total. The van der Waals surface area contributed by atoms with Crippen LogP contribution in [0.3, 0.4) is 0 Å². The number of nitrogens with two attached hydrogens (primary N) is 2. The number of unbranched alkanes of at least 4 members (excludes halogenated alkanes) is 1. The minimum absolute atomic E-state index is 0.0410. The predicted octanol–water partition coefficient (Wildman–Crippen LogP) is -0.771. The topological polar surface area (TPSA) is 428 Å². The summed E-state index contributed by atoms with van der Waals surface area (Å²) in [4.78, 5) is 159. The van der Waals surface area contributed by atoms with Crippen molar-refractivity contribution in [2.45, 2.75) is 231 Å². The molecule has 1 aromatic rings. The molecule has 7 fully saturated rings. The summed E-state index contributed by atoms with van der Waals surface area (Å²) in [5, 5.41) is 56.0. The lowest BCUT2D eigenvalue weighted by molar-refractivity contribution is -0.143. The van der Waals surface area contributed by atoms with Crippen LogP contribution in [0.5, 0.6) is 0 Å². The zero-order valence-corrected chi connectivity index (χ0v) is 58.6. The first kappa shape index (κ1) is 77.9. The maximum Gasteiger partial charge on any atom is 0.305 e. The highest BCUT2D eigenvalue weighted by Crippen LogP contribution is 2.40. The number of carboxylic acids is 1. The molecule has 4 saturated heterocycles. The van der Waals surface area contributed by atoms with Crippen LogP contribution >= 0.6 is 23.5 Å². The molecule has 2 bridgehead atoms. The Hall–Kier alpha value is -6.29. The van der Waals surface area contributed by atoms with Gasteiger partial charge in [0.05, 0.1) is 19.1 Å². The van der Waals surface area contributed by atoms with Crippen molar-refractivity contribution >= 4 is 88.6 Å². The van der Waals surface area contributed by atoms with Crippen LogP contribution in [-0.2, 0) is 64.2 Å². The number of thioether (sulfide) groups is 2. The Morgan fingerprint density at radius 2 is 1.20 bits per heavy atom. The maximum atomic E-state index is 15.3. The Kier molecular flexibility index (Phi) is 29.8. The summed E-state index contributed by atoms with van der Waals surface area (Å²) in [7, 11) is 0. The van der Waals surface area contributed by atoms with Gasteiger partial charge in [-0.05, 0) is 182 Å². The van der Waals surface area contributed by atoms with Crippen molar-refractivity contribution in [3.05, 3.63) is 35.4 Å². The van der Waals surface area contributed by atoms with E-state index >= 15 is 28.0 Å². The van der Waals surface area contributed by atoms with E-state index in [9.17, 15) is 43.8 Å². The van der Waals surface area contributed by atoms with Gasteiger partial charge in [-0.25, -0.2) is 8.78 Å². The number of alkyl halides is 2. The number of carbonyl (C=O) groups is 11. The Labute approximate surface area is 591 Å². The molecular formula is C68H105F2N15O13S2. The molecule has 32 heteroatoms. The first-order valence-corrected chi connectivity index (χ1v) is 38.4. The summed E-state index contributed by atoms with van der Waals surface area (Å²) in [5.41, 5.74) is 13.6. The minimum Gasteiger partial charge on any atom is -0.481 e. The van der Waals surface area contributed by atoms with Crippen molar-refractivity contribution < 1.29 is 71.7 Å². The third-order valence-corrected chi connectivity index (χ3v) is 23.5. The van der Waals surface area contributed by atoms with Crippen LogP contribution in [0.4, 0.5) is 8.78 Å². The van der Waals surface area contributed by atoms with Crippen molar-refractivity contribution in [1.29, 1.82) is 0 Å². The fraction of sp³-hybridized carbons (Fsp3) is 0.750. The SMILES string of the molecule is NCCCC[C@@H]1NC(=O)CCSCc2cccc(c2)CSC[C@@H](C(N)=O)NC(=O)[C@H]2CCCN2C(=O)[C@H](CC2CCC(O)CC2)NC(=O)[C@H](CC2CNCN2)NC(=O)[C@H](CC(=O)O)NC(=O)[C@H](CC2CNC3CCC(F)CC23)NC(=O)[C@H](CC2CNC3CCC(F)CC23)NC(=O)CNC1=O. The molecule has 18 N–H and O–H groups in total. The van der Waals surface area contributed by atoms with E-state index in [-0.39, 0.29) is 106 Å². The average Bonchev–Trinajstić information content (AvgIpc) is 1.64. The number of halogens is 2. The zero-order chi connectivity index (χ0) is 71.4. The number of amides is 10. The van der Waals surface area contributed by atoms with Gasteiger partial charge in [-0.1, -0.05) is 24.3 Å². The van der Waals surface area contributed by atoms with Gasteiger partial charge in [0.2, 0.25) is 59.1 Å². The molecule has 3 aliphatic carbocycles. The molecule has 9 rings (SSSR count). The van der Waals surface area contributed by atoms with E-state index in [1.807, 2.05) is 24.3 Å². The van der Waals surface area contributed by atoms with E-state index in [2.05, 4.69) is 63.8 Å². The quantitative estimate of drug-likeness (QED) is 0.0959. The molecule has 0 radical (unpaired) electrons. The molecule has 0 spiro atoms. The zero-order valence-electron chi connectivity index (χ0n) is 57.0. The number of nitrogens with one attached hydrogen (secondary N) is 12. The van der Waals surface area contributed by atoms with Gasteiger partial charge in [0.15, 0.2) is 0 Å². The van der Waals surface area contributed by atoms with Gasteiger partial charge >= 0.3 is 5.97 Å². The molecule has 5 heterocycles. The first-order valence-electron chi connectivity index (χ1n) is 36.1. The van der Waals surface area contributed by atoms with Gasteiger partial charge in [0.1, 0.15) is 60.7 Å². The Balaban J connectivity index is 1.02. The monoisotopic (exact) mass is 1440 g/mol. The number of primary amides is 1. The summed E-state index contributed by atoms with van der Waals surface area (Å²) < 4.78 is 30.4. The van der Waals surface area contributed by atoms with Gasteiger partial charge in [0, 0.05) is 67.3 Å². The molecule has 17 atom stereocenters. The van der Waals surface area contributed by atoms with Crippen molar-refractivity contribution in [2.75, 3.05) is 57.4 Å². The first-order chi connectivity index (χ1) is 48.1. The summed E-state index contributed by atoms with van der Waals surface area (Å²) >= 11 is 2.86. The Bertz CT molecular complexity index is 3010. The Morgan fingerprint density at radius 3 is 1.81 bits per heavy atom. The molecule has 1 aromatic carbocycles. The Morgan fingerprint density at radius 1 is 0.610 bits per heavy atom. The largest absolute Gasteiger partial charge is 0.481 e. The van der Waals surface area contributed by atoms with Gasteiger partial charge in [0.25, 0.3) is 0 Å². The third kappa shape index (κ3) is 22.9. The number of nitrogens with zero attached hydrogens (tertiary/aromatic N) is 1. The lowest BCUT2D eigenvalue weighted by atomic mass is 9.76. The smallest absolute Gasteiger partial charge is 0.305 e. The average molecular weight is 1440 g/mol. The normalized spacial score (nSPS) is 34.9. The third-order valence-electron chi connectivity index (χ3n) is 21.4. The van der Waals surface area contributed by atoms with Crippen LogP contribution in [0.1, 0.15) is 146 Å². The second-order valence-corrected chi connectivity index (χ2v) is 30.9. The van der Waals surface area contributed by atoms with Crippen molar-refractivity contribution in [3.63, 3.8) is 0 Å². The van der Waals surface area contributed by atoms with Crippen LogP contribution in [-0.4, -0.2) is 223 Å². The van der Waals surface area contributed by atoms with Crippen LogP contribution < -0.4 is 75.3 Å². The van der Waals surface area contributed by atoms with Crippen LogP contribution in [0.25, 0.3) is 0 Å². The number of hydrogen-bond donors (Lipinski definition) is 16. The summed E-state index contributed by atoms with van der Waals surface area (Å²) in [6.45, 7) is 1.18. The second-order valence-electron chi connectivity index (χ2n) is 28.7. The van der Waals surface area contributed by atoms with Gasteiger partial charge in [-0.15, -0.1) is 0 Å². The lowest BCUT2D eigenvalue weighted by Gasteiger charge is -2.34. The van der Waals surface area contributed by atoms with E-state index < -0.39 is 157 Å². The van der Waals surface area contributed by atoms with Crippen molar-refractivity contribution in [1.82, 2.24) is 68.7 Å². The minimum atomic E-state index is -1.90. The number of aliphatic hydroxyl groups is 1. The van der Waals surface area contributed by atoms with Crippen LogP contribution in [0.2, 0.25) is 0 Å². The van der Waals surface area contributed by atoms with Gasteiger partial charge in [-0.3, -0.25) is 52.7 Å². The summed E-state index contributed by atoms with van der Waals surface area (Å²) in [5.74, 6) is -9.24. The molecule has 556 valence electrons. The number of rotatable bonds is 15. The van der Waals surface area contributed by atoms with E-state index in [0.717, 1.165) is 11.1 Å². The highest BCUT2D eigenvalue weighted by molar-refractivity contribution is 7.98. The van der Waals surface area contributed by atoms with E-state index in [1.54, 1.807) is 0 Å². The molecule has 0 aromatic heterocycles. The maximum absolute atomic E-state index is 15.3. The van der Waals surface area contributed by atoms with E-state index in [0.29, 0.717) is 121 Å². The number of carbonyl (C=O) groups excluding carboxylic acids is 10. The number of aliphatic carboxylic acids is 1. The highest BCUT2D eigenvalue weighted by Gasteiger charge is 2.47. The number of benzene rings is 1. The molecule has 3 saturated carbocycles. The summed E-state index contributed by atoms with van der Waals surface area (Å²) in [6, 6.07) is -3.75. The number of fused-ring (bicyclic) bond motifs is 5. The van der Waals surface area contributed by atoms with Crippen molar-refractivity contribution in [2.24, 2.45) is 41.1 Å². The van der Waals surface area contributed by atoms with E-state index in [1.165, 1.54) is 28.4 Å².